The number of carbonyl (C=O) groups is 2. The first-order chi connectivity index (χ1) is 16.1. The van der Waals surface area contributed by atoms with Gasteiger partial charge in [0.2, 0.25) is 0 Å². The van der Waals surface area contributed by atoms with Crippen LogP contribution in [-0.4, -0.2) is 39.5 Å². The molecule has 3 aromatic rings. The molecule has 0 spiro atoms. The van der Waals surface area contributed by atoms with E-state index in [-0.39, 0.29) is 29.3 Å². The van der Waals surface area contributed by atoms with Crippen LogP contribution in [0.1, 0.15) is 34.1 Å². The highest BCUT2D eigenvalue weighted by Crippen LogP contribution is 2.35. The van der Waals surface area contributed by atoms with Crippen molar-refractivity contribution in [3.63, 3.8) is 0 Å². The Morgan fingerprint density at radius 3 is 2.67 bits per heavy atom. The molecule has 0 unspecified atom stereocenters. The number of anilines is 1. The lowest BCUT2D eigenvalue weighted by Gasteiger charge is -2.42. The van der Waals surface area contributed by atoms with Gasteiger partial charge in [0, 0.05) is 43.5 Å². The Balaban J connectivity index is 1.28. The fourth-order valence-corrected chi connectivity index (χ4v) is 4.82. The van der Waals surface area contributed by atoms with Crippen LogP contribution in [0.5, 0.6) is 0 Å². The number of para-hydroxylation sites is 1. The average Bonchev–Trinajstić information content (AvgIpc) is 2.84. The summed E-state index contributed by atoms with van der Waals surface area (Å²) in [6.07, 6.45) is 2.65. The van der Waals surface area contributed by atoms with E-state index in [0.29, 0.717) is 37.4 Å². The summed E-state index contributed by atoms with van der Waals surface area (Å²) in [7, 11) is 0. The van der Waals surface area contributed by atoms with Gasteiger partial charge in [-0.3, -0.25) is 14.6 Å². The van der Waals surface area contributed by atoms with E-state index in [0.717, 1.165) is 17.8 Å². The molecular formula is C25H25N5O3. The molecule has 2 aromatic heterocycles. The first-order valence-corrected chi connectivity index (χ1v) is 11.1. The largest absolute Gasteiger partial charge is 0.346 e. The SMILES string of the molecule is O=C(NCc1ccccn1)c1ccccc1NC(=O)N1C[C@H]2C[C@@H](C1)c1cccc(=O)n1C2. The van der Waals surface area contributed by atoms with E-state index in [1.54, 1.807) is 47.5 Å². The molecule has 1 aromatic carbocycles. The minimum absolute atomic E-state index is 0.0192. The Kier molecular flexibility index (Phi) is 5.64. The Morgan fingerprint density at radius 1 is 0.970 bits per heavy atom. The second kappa shape index (κ2) is 8.90. The number of piperidine rings is 1. The topological polar surface area (TPSA) is 96.3 Å². The molecule has 0 saturated carbocycles. The summed E-state index contributed by atoms with van der Waals surface area (Å²) in [5, 5.41) is 5.78. The molecule has 33 heavy (non-hydrogen) atoms. The molecule has 2 aliphatic heterocycles. The lowest BCUT2D eigenvalue weighted by Crippen LogP contribution is -2.50. The van der Waals surface area contributed by atoms with Crippen LogP contribution in [0.15, 0.2) is 71.7 Å². The number of fused-ring (bicyclic) bond motifs is 4. The highest BCUT2D eigenvalue weighted by atomic mass is 16.2. The van der Waals surface area contributed by atoms with E-state index in [9.17, 15) is 14.4 Å². The summed E-state index contributed by atoms with van der Waals surface area (Å²) in [5.41, 5.74) is 2.63. The van der Waals surface area contributed by atoms with Crippen LogP contribution in [0.2, 0.25) is 0 Å². The Bertz CT molecular complexity index is 1240. The number of benzene rings is 1. The van der Waals surface area contributed by atoms with Gasteiger partial charge in [-0.1, -0.05) is 24.3 Å². The standard InChI is InChI=1S/C25H25N5O3/c31-23-10-5-9-22-18-12-17(15-30(22)23)14-29(16-18)25(33)28-21-8-2-1-7-20(21)24(32)27-13-19-6-3-4-11-26-19/h1-11,17-18H,12-16H2,(H,27,32)(H,28,33)/t17-,18+/m1/s1. The van der Waals surface area contributed by atoms with E-state index >= 15 is 0 Å². The number of likely N-dealkylation sites (tertiary alicyclic amines) is 1. The number of pyridine rings is 2. The first-order valence-electron chi connectivity index (χ1n) is 11.1. The minimum atomic E-state index is -0.277. The number of carbonyl (C=O) groups excluding carboxylic acids is 2. The normalized spacial score (nSPS) is 18.8. The van der Waals surface area contributed by atoms with Gasteiger partial charge in [-0.05, 0) is 42.7 Å². The van der Waals surface area contributed by atoms with Crippen molar-refractivity contribution < 1.29 is 9.59 Å². The van der Waals surface area contributed by atoms with Crippen molar-refractivity contribution in [2.24, 2.45) is 5.92 Å². The zero-order valence-electron chi connectivity index (χ0n) is 18.1. The molecule has 1 saturated heterocycles. The molecule has 0 aliphatic carbocycles. The van der Waals surface area contributed by atoms with Gasteiger partial charge in [0.1, 0.15) is 0 Å². The van der Waals surface area contributed by atoms with Gasteiger partial charge in [0.25, 0.3) is 11.5 Å². The first kappa shape index (κ1) is 20.9. The molecule has 2 atom stereocenters. The monoisotopic (exact) mass is 443 g/mol. The zero-order valence-corrected chi connectivity index (χ0v) is 18.1. The molecule has 0 radical (unpaired) electrons. The minimum Gasteiger partial charge on any atom is -0.346 e. The molecule has 3 amide bonds. The molecule has 5 rings (SSSR count). The summed E-state index contributed by atoms with van der Waals surface area (Å²) in [4.78, 5) is 44.2. The third kappa shape index (κ3) is 4.37. The molecule has 4 heterocycles. The highest BCUT2D eigenvalue weighted by Gasteiger charge is 2.36. The molecular weight excluding hydrogens is 418 g/mol. The summed E-state index contributed by atoms with van der Waals surface area (Å²) < 4.78 is 1.84. The van der Waals surface area contributed by atoms with Gasteiger partial charge >= 0.3 is 6.03 Å². The zero-order chi connectivity index (χ0) is 22.8. The lowest BCUT2D eigenvalue weighted by molar-refractivity contribution is 0.0951. The molecule has 2 aliphatic rings. The van der Waals surface area contributed by atoms with Crippen LogP contribution >= 0.6 is 0 Å². The third-order valence-corrected chi connectivity index (χ3v) is 6.34. The molecule has 8 heteroatoms. The molecule has 8 nitrogen and oxygen atoms in total. The van der Waals surface area contributed by atoms with Crippen molar-refractivity contribution in [1.29, 1.82) is 0 Å². The van der Waals surface area contributed by atoms with Crippen molar-refractivity contribution in [2.75, 3.05) is 18.4 Å². The number of rotatable bonds is 4. The van der Waals surface area contributed by atoms with Gasteiger partial charge < -0.3 is 20.1 Å². The van der Waals surface area contributed by atoms with Gasteiger partial charge in [-0.15, -0.1) is 0 Å². The number of aromatic nitrogens is 2. The van der Waals surface area contributed by atoms with Crippen molar-refractivity contribution in [3.8, 4) is 0 Å². The summed E-state index contributed by atoms with van der Waals surface area (Å²) in [6.45, 7) is 2.05. The van der Waals surface area contributed by atoms with Gasteiger partial charge in [0.15, 0.2) is 0 Å². The number of amides is 3. The number of hydrogen-bond donors (Lipinski definition) is 2. The number of nitrogens with one attached hydrogen (secondary N) is 2. The van der Waals surface area contributed by atoms with Gasteiger partial charge in [-0.25, -0.2) is 4.79 Å². The van der Waals surface area contributed by atoms with Crippen LogP contribution in [0.4, 0.5) is 10.5 Å². The highest BCUT2D eigenvalue weighted by molar-refractivity contribution is 6.03. The quantitative estimate of drug-likeness (QED) is 0.648. The maximum Gasteiger partial charge on any atom is 0.321 e. The number of hydrogen-bond acceptors (Lipinski definition) is 4. The van der Waals surface area contributed by atoms with Crippen LogP contribution in [0.25, 0.3) is 0 Å². The van der Waals surface area contributed by atoms with Gasteiger partial charge in [-0.2, -0.15) is 0 Å². The molecule has 168 valence electrons. The fraction of sp³-hybridized carbons (Fsp3) is 0.280. The average molecular weight is 444 g/mol. The van der Waals surface area contributed by atoms with E-state index in [1.807, 2.05) is 28.8 Å². The van der Waals surface area contributed by atoms with Crippen molar-refractivity contribution in [1.82, 2.24) is 19.8 Å². The van der Waals surface area contributed by atoms with E-state index in [1.165, 1.54) is 0 Å². The van der Waals surface area contributed by atoms with Gasteiger partial charge in [0.05, 0.1) is 23.5 Å². The molecule has 2 bridgehead atoms. The van der Waals surface area contributed by atoms with Crippen molar-refractivity contribution in [2.45, 2.75) is 25.4 Å². The van der Waals surface area contributed by atoms with Crippen LogP contribution in [0, 0.1) is 5.92 Å². The fourth-order valence-electron chi connectivity index (χ4n) is 4.82. The predicted octanol–water partition coefficient (Wildman–Crippen LogP) is 2.82. The Labute approximate surface area is 191 Å². The number of urea groups is 1. The van der Waals surface area contributed by atoms with Crippen LogP contribution < -0.4 is 16.2 Å². The lowest BCUT2D eigenvalue weighted by atomic mass is 9.83. The van der Waals surface area contributed by atoms with E-state index < -0.39 is 0 Å². The molecule has 2 N–H and O–H groups in total. The van der Waals surface area contributed by atoms with Crippen molar-refractivity contribution >= 4 is 17.6 Å². The summed E-state index contributed by atoms with van der Waals surface area (Å²) in [6, 6.07) is 17.6. The Hall–Kier alpha value is -3.94. The van der Waals surface area contributed by atoms with Crippen LogP contribution in [0.3, 0.4) is 0 Å². The summed E-state index contributed by atoms with van der Waals surface area (Å²) in [5.74, 6) is 0.0912. The second-order valence-electron chi connectivity index (χ2n) is 8.58. The van der Waals surface area contributed by atoms with Crippen LogP contribution in [-0.2, 0) is 13.1 Å². The maximum atomic E-state index is 13.1. The van der Waals surface area contributed by atoms with Crippen molar-refractivity contribution in [3.05, 3.63) is 94.2 Å². The number of nitrogens with zero attached hydrogens (tertiary/aromatic N) is 3. The van der Waals surface area contributed by atoms with E-state index in [4.69, 9.17) is 0 Å². The smallest absolute Gasteiger partial charge is 0.321 e. The van der Waals surface area contributed by atoms with E-state index in [2.05, 4.69) is 15.6 Å². The maximum absolute atomic E-state index is 13.1. The Morgan fingerprint density at radius 2 is 1.82 bits per heavy atom. The summed E-state index contributed by atoms with van der Waals surface area (Å²) >= 11 is 0. The third-order valence-electron chi connectivity index (χ3n) is 6.34. The molecule has 1 fully saturated rings. The second-order valence-corrected chi connectivity index (χ2v) is 8.58. The predicted molar refractivity (Wildman–Crippen MR) is 124 cm³/mol.